The van der Waals surface area contributed by atoms with E-state index in [-0.39, 0.29) is 11.5 Å². The van der Waals surface area contributed by atoms with Crippen molar-refractivity contribution in [3.63, 3.8) is 0 Å². The Balaban J connectivity index is 2.34. The van der Waals surface area contributed by atoms with E-state index in [2.05, 4.69) is 0 Å². The molecule has 0 bridgehead atoms. The van der Waals surface area contributed by atoms with E-state index in [9.17, 15) is 9.90 Å². The highest BCUT2D eigenvalue weighted by Crippen LogP contribution is 2.35. The minimum absolute atomic E-state index is 0.0384. The molecule has 0 spiro atoms. The normalized spacial score (nSPS) is 21.9. The number of ether oxygens (including phenoxy) is 1. The molecule has 1 aromatic carbocycles. The average Bonchev–Trinajstić information content (AvgIpc) is 2.38. The van der Waals surface area contributed by atoms with Crippen LogP contribution in [0.15, 0.2) is 42.5 Å². The monoisotopic (exact) mass is 244 g/mol. The Bertz CT molecular complexity index is 529. The van der Waals surface area contributed by atoms with Gasteiger partial charge in [-0.1, -0.05) is 24.3 Å². The fourth-order valence-electron chi connectivity index (χ4n) is 2.03. The smallest absolute Gasteiger partial charge is 0.176 e. The number of methoxy groups -OCH3 is 1. The van der Waals surface area contributed by atoms with Crippen LogP contribution in [0.5, 0.6) is 11.5 Å². The molecule has 1 N–H and O–H groups in total. The van der Waals surface area contributed by atoms with Crippen LogP contribution in [0.4, 0.5) is 0 Å². The Morgan fingerprint density at radius 3 is 2.72 bits per heavy atom. The summed E-state index contributed by atoms with van der Waals surface area (Å²) in [6.45, 7) is 1.87. The maximum absolute atomic E-state index is 12.5. The molecule has 0 amide bonds. The lowest BCUT2D eigenvalue weighted by Gasteiger charge is -2.25. The van der Waals surface area contributed by atoms with Crippen LogP contribution in [-0.2, 0) is 0 Å². The summed E-state index contributed by atoms with van der Waals surface area (Å²) in [5, 5.41) is 9.90. The van der Waals surface area contributed by atoms with Crippen molar-refractivity contribution in [1.82, 2.24) is 0 Å². The number of ketones is 1. The third-order valence-corrected chi connectivity index (χ3v) is 3.22. The van der Waals surface area contributed by atoms with E-state index in [0.717, 1.165) is 0 Å². The summed E-state index contributed by atoms with van der Waals surface area (Å²) in [5.41, 5.74) is -0.251. The molecule has 0 fully saturated rings. The number of carbonyl (C=O) groups excluding carboxylic acids is 1. The molecule has 18 heavy (non-hydrogen) atoms. The van der Waals surface area contributed by atoms with E-state index in [1.165, 1.54) is 13.2 Å². The van der Waals surface area contributed by atoms with Crippen molar-refractivity contribution in [2.45, 2.75) is 13.3 Å². The van der Waals surface area contributed by atoms with Crippen LogP contribution in [0, 0.1) is 5.41 Å². The second-order valence-electron chi connectivity index (χ2n) is 4.62. The summed E-state index contributed by atoms with van der Waals surface area (Å²) >= 11 is 0. The van der Waals surface area contributed by atoms with Crippen molar-refractivity contribution in [3.05, 3.63) is 48.1 Å². The average molecular weight is 244 g/mol. The maximum Gasteiger partial charge on any atom is 0.176 e. The van der Waals surface area contributed by atoms with Crippen molar-refractivity contribution in [2.75, 3.05) is 7.11 Å². The van der Waals surface area contributed by atoms with Gasteiger partial charge in [-0.15, -0.1) is 0 Å². The summed E-state index contributed by atoms with van der Waals surface area (Å²) in [6, 6.07) is 4.74. The van der Waals surface area contributed by atoms with E-state index in [4.69, 9.17) is 4.74 Å². The van der Waals surface area contributed by atoms with E-state index in [0.29, 0.717) is 17.7 Å². The van der Waals surface area contributed by atoms with Crippen molar-refractivity contribution in [1.29, 1.82) is 0 Å². The minimum atomic E-state index is -0.583. The number of Topliss-reactive ketones (excluding diaryl/α,β-unsaturated/α-hetero) is 1. The molecule has 0 radical (unpaired) electrons. The van der Waals surface area contributed by atoms with Gasteiger partial charge in [-0.2, -0.15) is 0 Å². The molecule has 0 aliphatic heterocycles. The zero-order valence-electron chi connectivity index (χ0n) is 10.5. The Morgan fingerprint density at radius 1 is 1.39 bits per heavy atom. The number of hydrogen-bond acceptors (Lipinski definition) is 3. The highest BCUT2D eigenvalue weighted by atomic mass is 16.5. The lowest BCUT2D eigenvalue weighted by Crippen LogP contribution is -2.26. The van der Waals surface area contributed by atoms with E-state index in [1.807, 2.05) is 31.2 Å². The first kappa shape index (κ1) is 12.4. The Kier molecular flexibility index (Phi) is 3.24. The van der Waals surface area contributed by atoms with Crippen LogP contribution in [0.3, 0.4) is 0 Å². The largest absolute Gasteiger partial charge is 0.507 e. The number of phenolic OH excluding ortho intramolecular Hbond substituents is 1. The number of phenols is 1. The maximum atomic E-state index is 12.5. The summed E-state index contributed by atoms with van der Waals surface area (Å²) in [7, 11) is 1.52. The molecule has 3 nitrogen and oxygen atoms in total. The standard InChI is InChI=1S/C15H16O3/c1-15(8-4-3-5-9-15)14(17)12-7-6-11(18-2)10-13(12)16/h3-8,10,16H,9H2,1-2H3. The molecule has 0 saturated heterocycles. The molecule has 1 unspecified atom stereocenters. The van der Waals surface area contributed by atoms with Gasteiger partial charge in [-0.3, -0.25) is 4.79 Å². The van der Waals surface area contributed by atoms with Gasteiger partial charge in [0.05, 0.1) is 18.1 Å². The Labute approximate surface area is 106 Å². The molecule has 1 aromatic rings. The van der Waals surface area contributed by atoms with E-state index >= 15 is 0 Å². The second kappa shape index (κ2) is 4.69. The molecule has 94 valence electrons. The van der Waals surface area contributed by atoms with Crippen molar-refractivity contribution in [3.8, 4) is 11.5 Å². The Hall–Kier alpha value is -2.03. The lowest BCUT2D eigenvalue weighted by atomic mass is 9.77. The molecular formula is C15H16O3. The van der Waals surface area contributed by atoms with Crippen LogP contribution in [0.1, 0.15) is 23.7 Å². The highest BCUT2D eigenvalue weighted by Gasteiger charge is 2.32. The number of allylic oxidation sites excluding steroid dienone is 4. The first-order valence-corrected chi connectivity index (χ1v) is 5.83. The molecular weight excluding hydrogens is 228 g/mol. The van der Waals surface area contributed by atoms with Crippen molar-refractivity contribution in [2.24, 2.45) is 5.41 Å². The summed E-state index contributed by atoms with van der Waals surface area (Å²) < 4.78 is 5.00. The quantitative estimate of drug-likeness (QED) is 0.831. The predicted octanol–water partition coefficient (Wildman–Crippen LogP) is 3.11. The molecule has 1 aliphatic carbocycles. The summed E-state index contributed by atoms with van der Waals surface area (Å²) in [6.07, 6.45) is 8.26. The predicted molar refractivity (Wildman–Crippen MR) is 70.0 cm³/mol. The summed E-state index contributed by atoms with van der Waals surface area (Å²) in [4.78, 5) is 12.5. The number of aromatic hydroxyl groups is 1. The fourth-order valence-corrected chi connectivity index (χ4v) is 2.03. The summed E-state index contributed by atoms with van der Waals surface area (Å²) in [5.74, 6) is 0.417. The minimum Gasteiger partial charge on any atom is -0.507 e. The van der Waals surface area contributed by atoms with Gasteiger partial charge in [0.25, 0.3) is 0 Å². The molecule has 0 aromatic heterocycles. The van der Waals surface area contributed by atoms with Crippen LogP contribution >= 0.6 is 0 Å². The number of benzene rings is 1. The lowest BCUT2D eigenvalue weighted by molar-refractivity contribution is 0.0867. The third-order valence-electron chi connectivity index (χ3n) is 3.22. The van der Waals surface area contributed by atoms with Crippen LogP contribution in [-0.4, -0.2) is 18.0 Å². The Morgan fingerprint density at radius 2 is 2.17 bits per heavy atom. The first-order valence-electron chi connectivity index (χ1n) is 5.83. The molecule has 1 atom stereocenters. The van der Waals surface area contributed by atoms with Crippen LogP contribution in [0.25, 0.3) is 0 Å². The molecule has 0 heterocycles. The van der Waals surface area contributed by atoms with Gasteiger partial charge in [0.15, 0.2) is 5.78 Å². The third kappa shape index (κ3) is 2.16. The molecule has 3 heteroatoms. The van der Waals surface area contributed by atoms with Gasteiger partial charge in [-0.05, 0) is 25.5 Å². The highest BCUT2D eigenvalue weighted by molar-refractivity contribution is 6.04. The van der Waals surface area contributed by atoms with Gasteiger partial charge in [-0.25, -0.2) is 0 Å². The zero-order valence-corrected chi connectivity index (χ0v) is 10.5. The second-order valence-corrected chi connectivity index (χ2v) is 4.62. The first-order chi connectivity index (χ1) is 8.57. The molecule has 2 rings (SSSR count). The van der Waals surface area contributed by atoms with Crippen LogP contribution < -0.4 is 4.74 Å². The van der Waals surface area contributed by atoms with Gasteiger partial charge >= 0.3 is 0 Å². The number of hydrogen-bond donors (Lipinski definition) is 1. The zero-order chi connectivity index (χ0) is 13.2. The van der Waals surface area contributed by atoms with Gasteiger partial charge in [0.2, 0.25) is 0 Å². The number of rotatable bonds is 3. The van der Waals surface area contributed by atoms with Gasteiger partial charge in [0.1, 0.15) is 11.5 Å². The molecule has 1 aliphatic rings. The fraction of sp³-hybridized carbons (Fsp3) is 0.267. The van der Waals surface area contributed by atoms with Gasteiger partial charge in [0, 0.05) is 6.07 Å². The van der Waals surface area contributed by atoms with E-state index in [1.54, 1.807) is 12.1 Å². The van der Waals surface area contributed by atoms with Crippen molar-refractivity contribution >= 4 is 5.78 Å². The number of carbonyl (C=O) groups is 1. The topological polar surface area (TPSA) is 46.5 Å². The van der Waals surface area contributed by atoms with Crippen molar-refractivity contribution < 1.29 is 14.6 Å². The molecule has 0 saturated carbocycles. The SMILES string of the molecule is COc1ccc(C(=O)C2(C)C=CC=CC2)c(O)c1. The van der Waals surface area contributed by atoms with Crippen LogP contribution in [0.2, 0.25) is 0 Å². The van der Waals surface area contributed by atoms with E-state index < -0.39 is 5.41 Å². The van der Waals surface area contributed by atoms with Gasteiger partial charge < -0.3 is 9.84 Å².